The average molecular weight is 296 g/mol. The fraction of sp³-hybridized carbons (Fsp3) is 0.500. The Bertz CT molecular complexity index is 495. The molecule has 0 aliphatic heterocycles. The lowest BCUT2D eigenvalue weighted by Crippen LogP contribution is -2.32. The van der Waals surface area contributed by atoms with Crippen molar-refractivity contribution in [2.45, 2.75) is 13.5 Å². The highest BCUT2D eigenvalue weighted by molar-refractivity contribution is 7.92. The Morgan fingerprint density at radius 1 is 1.47 bits per heavy atom. The Balaban J connectivity index is 2.59. The van der Waals surface area contributed by atoms with Gasteiger partial charge in [0.1, 0.15) is 5.75 Å². The lowest BCUT2D eigenvalue weighted by molar-refractivity contribution is -0.127. The number of nitrogens with zero attached hydrogens (tertiary/aromatic N) is 1. The molecule has 0 radical (unpaired) electrons. The van der Waals surface area contributed by atoms with Crippen molar-refractivity contribution < 1.29 is 13.2 Å². The standard InChI is InChI=1S/C10H14ClNO3S2/c1-3-17(14,15)7-10(13)12(2)6-8-4-5-9(11)16-8/h4-5H,3,6-7H2,1-2H3. The molecule has 0 saturated heterocycles. The summed E-state index contributed by atoms with van der Waals surface area (Å²) in [6, 6.07) is 3.58. The van der Waals surface area contributed by atoms with Gasteiger partial charge in [-0.05, 0) is 12.1 Å². The molecule has 96 valence electrons. The second-order valence-electron chi connectivity index (χ2n) is 3.63. The first-order chi connectivity index (χ1) is 7.84. The summed E-state index contributed by atoms with van der Waals surface area (Å²) in [7, 11) is -1.68. The van der Waals surface area contributed by atoms with Crippen molar-refractivity contribution in [3.63, 3.8) is 0 Å². The molecule has 1 aromatic rings. The maximum Gasteiger partial charge on any atom is 0.237 e. The van der Waals surface area contributed by atoms with Gasteiger partial charge in [-0.15, -0.1) is 11.3 Å². The van der Waals surface area contributed by atoms with E-state index in [1.165, 1.54) is 23.2 Å². The van der Waals surface area contributed by atoms with Gasteiger partial charge in [0.15, 0.2) is 9.84 Å². The zero-order chi connectivity index (χ0) is 13.1. The molecule has 17 heavy (non-hydrogen) atoms. The summed E-state index contributed by atoms with van der Waals surface area (Å²) in [5, 5.41) is 0. The van der Waals surface area contributed by atoms with Crippen LogP contribution in [0.4, 0.5) is 0 Å². The summed E-state index contributed by atoms with van der Waals surface area (Å²) in [6.07, 6.45) is 0. The van der Waals surface area contributed by atoms with E-state index in [2.05, 4.69) is 0 Å². The molecule has 1 rings (SSSR count). The van der Waals surface area contributed by atoms with Gasteiger partial charge in [0, 0.05) is 17.7 Å². The average Bonchev–Trinajstić information content (AvgIpc) is 2.63. The molecule has 0 N–H and O–H groups in total. The highest BCUT2D eigenvalue weighted by atomic mass is 35.5. The van der Waals surface area contributed by atoms with Crippen molar-refractivity contribution in [3.05, 3.63) is 21.3 Å². The van der Waals surface area contributed by atoms with Crippen molar-refractivity contribution in [1.82, 2.24) is 4.90 Å². The van der Waals surface area contributed by atoms with Crippen LogP contribution in [0.5, 0.6) is 0 Å². The van der Waals surface area contributed by atoms with Crippen LogP contribution in [0.1, 0.15) is 11.8 Å². The number of sulfone groups is 1. The highest BCUT2D eigenvalue weighted by Gasteiger charge is 2.18. The van der Waals surface area contributed by atoms with Gasteiger partial charge < -0.3 is 4.90 Å². The summed E-state index contributed by atoms with van der Waals surface area (Å²) in [6.45, 7) is 1.91. The van der Waals surface area contributed by atoms with Gasteiger partial charge in [-0.25, -0.2) is 8.42 Å². The van der Waals surface area contributed by atoms with Gasteiger partial charge in [0.05, 0.1) is 10.9 Å². The van der Waals surface area contributed by atoms with Gasteiger partial charge >= 0.3 is 0 Å². The first kappa shape index (κ1) is 14.5. The SMILES string of the molecule is CCS(=O)(=O)CC(=O)N(C)Cc1ccc(Cl)s1. The molecular formula is C10H14ClNO3S2. The molecule has 1 aromatic heterocycles. The van der Waals surface area contributed by atoms with E-state index < -0.39 is 21.5 Å². The molecule has 1 heterocycles. The normalized spacial score (nSPS) is 11.5. The maximum absolute atomic E-state index is 11.6. The van der Waals surface area contributed by atoms with Gasteiger partial charge in [-0.1, -0.05) is 18.5 Å². The zero-order valence-corrected chi connectivity index (χ0v) is 12.0. The van der Waals surface area contributed by atoms with Crippen molar-refractivity contribution >= 4 is 38.7 Å². The Hall–Kier alpha value is -0.590. The first-order valence-electron chi connectivity index (χ1n) is 5.02. The second-order valence-corrected chi connectivity index (χ2v) is 7.79. The van der Waals surface area contributed by atoms with E-state index >= 15 is 0 Å². The Labute approximate surface area is 110 Å². The first-order valence-corrected chi connectivity index (χ1v) is 8.04. The molecule has 0 spiro atoms. The smallest absolute Gasteiger partial charge is 0.237 e. The van der Waals surface area contributed by atoms with E-state index in [0.717, 1.165) is 4.88 Å². The zero-order valence-electron chi connectivity index (χ0n) is 9.64. The van der Waals surface area contributed by atoms with Crippen LogP contribution in [0, 0.1) is 0 Å². The summed E-state index contributed by atoms with van der Waals surface area (Å²) in [4.78, 5) is 14.0. The number of carbonyl (C=O) groups is 1. The van der Waals surface area contributed by atoms with Crippen LogP contribution in [0.25, 0.3) is 0 Å². The van der Waals surface area contributed by atoms with Crippen LogP contribution in [-0.2, 0) is 21.2 Å². The van der Waals surface area contributed by atoms with Gasteiger partial charge in [0.25, 0.3) is 0 Å². The molecule has 4 nitrogen and oxygen atoms in total. The molecule has 0 fully saturated rings. The maximum atomic E-state index is 11.6. The number of carbonyl (C=O) groups excluding carboxylic acids is 1. The number of hydrogen-bond donors (Lipinski definition) is 0. The molecule has 0 bridgehead atoms. The lowest BCUT2D eigenvalue weighted by Gasteiger charge is -2.15. The topological polar surface area (TPSA) is 54.5 Å². The third-order valence-corrected chi connectivity index (χ3v) is 5.01. The van der Waals surface area contributed by atoms with Crippen molar-refractivity contribution in [2.24, 2.45) is 0 Å². The van der Waals surface area contributed by atoms with Crippen LogP contribution in [-0.4, -0.2) is 37.8 Å². The minimum atomic E-state index is -3.26. The Morgan fingerprint density at radius 2 is 2.12 bits per heavy atom. The Kier molecular flexibility index (Phi) is 4.97. The molecule has 0 unspecified atom stereocenters. The number of amides is 1. The summed E-state index contributed by atoms with van der Waals surface area (Å²) in [5.41, 5.74) is 0. The molecule has 0 aliphatic rings. The molecule has 0 aromatic carbocycles. The molecule has 1 amide bonds. The van der Waals surface area contributed by atoms with Crippen LogP contribution in [0.3, 0.4) is 0 Å². The monoisotopic (exact) mass is 295 g/mol. The van der Waals surface area contributed by atoms with Crippen molar-refractivity contribution in [1.29, 1.82) is 0 Å². The van der Waals surface area contributed by atoms with Crippen LogP contribution >= 0.6 is 22.9 Å². The fourth-order valence-electron chi connectivity index (χ4n) is 1.16. The second kappa shape index (κ2) is 5.84. The quantitative estimate of drug-likeness (QED) is 0.832. The summed E-state index contributed by atoms with van der Waals surface area (Å²) < 4.78 is 23.3. The number of halogens is 1. The predicted octanol–water partition coefficient (Wildman–Crippen LogP) is 1.79. The minimum Gasteiger partial charge on any atom is -0.340 e. The van der Waals surface area contributed by atoms with E-state index in [0.29, 0.717) is 10.9 Å². The summed E-state index contributed by atoms with van der Waals surface area (Å²) in [5.74, 6) is -0.840. The largest absolute Gasteiger partial charge is 0.340 e. The third kappa shape index (κ3) is 4.65. The van der Waals surface area contributed by atoms with Crippen LogP contribution in [0.15, 0.2) is 12.1 Å². The Morgan fingerprint density at radius 3 is 2.59 bits per heavy atom. The number of thiophene rings is 1. The van der Waals surface area contributed by atoms with E-state index in [-0.39, 0.29) is 5.75 Å². The van der Waals surface area contributed by atoms with E-state index in [1.54, 1.807) is 13.1 Å². The fourth-order valence-corrected chi connectivity index (χ4v) is 3.10. The van der Waals surface area contributed by atoms with Gasteiger partial charge in [0.2, 0.25) is 5.91 Å². The number of rotatable bonds is 5. The molecule has 0 aliphatic carbocycles. The van der Waals surface area contributed by atoms with E-state index in [1.807, 2.05) is 6.07 Å². The minimum absolute atomic E-state index is 0.0165. The highest BCUT2D eigenvalue weighted by Crippen LogP contribution is 2.22. The van der Waals surface area contributed by atoms with Crippen LogP contribution in [0.2, 0.25) is 4.34 Å². The number of hydrogen-bond acceptors (Lipinski definition) is 4. The third-order valence-electron chi connectivity index (χ3n) is 2.23. The van der Waals surface area contributed by atoms with E-state index in [4.69, 9.17) is 11.6 Å². The summed E-state index contributed by atoms with van der Waals surface area (Å²) >= 11 is 7.15. The van der Waals surface area contributed by atoms with Crippen molar-refractivity contribution in [2.75, 3.05) is 18.6 Å². The molecular weight excluding hydrogens is 282 g/mol. The molecule has 7 heteroatoms. The molecule has 0 atom stereocenters. The van der Waals surface area contributed by atoms with Gasteiger partial charge in [-0.3, -0.25) is 4.79 Å². The van der Waals surface area contributed by atoms with Crippen molar-refractivity contribution in [3.8, 4) is 0 Å². The predicted molar refractivity (Wildman–Crippen MR) is 70.1 cm³/mol. The van der Waals surface area contributed by atoms with Gasteiger partial charge in [-0.2, -0.15) is 0 Å². The molecule has 0 saturated carbocycles. The lowest BCUT2D eigenvalue weighted by atomic mass is 10.4. The van der Waals surface area contributed by atoms with Crippen LogP contribution < -0.4 is 0 Å². The van der Waals surface area contributed by atoms with E-state index in [9.17, 15) is 13.2 Å².